The van der Waals surface area contributed by atoms with Gasteiger partial charge in [-0.05, 0) is 36.7 Å². The van der Waals surface area contributed by atoms with E-state index in [0.717, 1.165) is 29.7 Å². The second-order valence-corrected chi connectivity index (χ2v) is 8.75. The molecule has 1 aliphatic carbocycles. The Morgan fingerprint density at radius 2 is 2.21 bits per heavy atom. The van der Waals surface area contributed by atoms with Gasteiger partial charge in [0.2, 0.25) is 5.91 Å². The van der Waals surface area contributed by atoms with Crippen molar-refractivity contribution in [2.24, 2.45) is 11.8 Å². The first-order chi connectivity index (χ1) is 13.3. The van der Waals surface area contributed by atoms with Crippen LogP contribution in [0.4, 0.5) is 0 Å². The molecule has 2 heterocycles. The first-order valence-electron chi connectivity index (χ1n) is 9.72. The van der Waals surface area contributed by atoms with Crippen molar-refractivity contribution < 1.29 is 14.3 Å². The van der Waals surface area contributed by atoms with Gasteiger partial charge in [0, 0.05) is 4.88 Å². The summed E-state index contributed by atoms with van der Waals surface area (Å²) in [6.45, 7) is 5.86. The van der Waals surface area contributed by atoms with Crippen molar-refractivity contribution in [2.75, 3.05) is 7.11 Å². The van der Waals surface area contributed by atoms with E-state index in [4.69, 9.17) is 4.74 Å². The van der Waals surface area contributed by atoms with Crippen LogP contribution >= 0.6 is 11.3 Å². The quantitative estimate of drug-likeness (QED) is 0.745. The number of aryl methyl sites for hydroxylation is 1. The lowest BCUT2D eigenvalue weighted by Gasteiger charge is -2.22. The number of thiophene rings is 1. The van der Waals surface area contributed by atoms with E-state index in [-0.39, 0.29) is 18.0 Å². The molecule has 0 radical (unpaired) electrons. The molecule has 0 unspecified atom stereocenters. The average molecular weight is 406 g/mol. The van der Waals surface area contributed by atoms with E-state index in [9.17, 15) is 14.4 Å². The van der Waals surface area contributed by atoms with Crippen LogP contribution in [0.2, 0.25) is 0 Å². The van der Waals surface area contributed by atoms with Gasteiger partial charge in [-0.2, -0.15) is 0 Å². The molecule has 2 aromatic rings. The molecule has 28 heavy (non-hydrogen) atoms. The van der Waals surface area contributed by atoms with Crippen molar-refractivity contribution in [3.05, 3.63) is 27.1 Å². The highest BCUT2D eigenvalue weighted by atomic mass is 32.1. The number of amides is 1. The highest BCUT2D eigenvalue weighted by Gasteiger charge is 2.27. The van der Waals surface area contributed by atoms with E-state index in [1.165, 1.54) is 22.9 Å². The SMILES string of the molecule is CC[C@@H](C)[C@@H](NC(=O)Cn1cnc2sc3c(c2c1=O)CC[C@@H](C)C3)C(=O)OC. The molecule has 3 rings (SSSR count). The standard InChI is InChI=1S/C20H27N3O4S/c1-5-12(3)17(20(26)27-4)22-15(24)9-23-10-21-18-16(19(23)25)13-7-6-11(2)8-14(13)28-18/h10-12,17H,5-9H2,1-4H3,(H,22,24)/t11-,12-,17-/m1/s1. The molecule has 0 aliphatic heterocycles. The fourth-order valence-corrected chi connectivity index (χ4v) is 4.99. The smallest absolute Gasteiger partial charge is 0.328 e. The van der Waals surface area contributed by atoms with Gasteiger partial charge in [-0.25, -0.2) is 9.78 Å². The van der Waals surface area contributed by atoms with Gasteiger partial charge in [0.15, 0.2) is 0 Å². The van der Waals surface area contributed by atoms with Crippen LogP contribution in [-0.2, 0) is 33.7 Å². The zero-order chi connectivity index (χ0) is 20.4. The Balaban J connectivity index is 1.84. The minimum Gasteiger partial charge on any atom is -0.467 e. The molecule has 1 amide bonds. The van der Waals surface area contributed by atoms with Crippen molar-refractivity contribution in [1.29, 1.82) is 0 Å². The predicted octanol–water partition coefficient (Wildman–Crippen LogP) is 2.29. The fourth-order valence-electron chi connectivity index (χ4n) is 3.65. The van der Waals surface area contributed by atoms with Gasteiger partial charge < -0.3 is 10.1 Å². The molecule has 2 aromatic heterocycles. The maximum absolute atomic E-state index is 13.0. The lowest BCUT2D eigenvalue weighted by atomic mass is 9.89. The number of aromatic nitrogens is 2. The molecule has 3 atom stereocenters. The van der Waals surface area contributed by atoms with Crippen molar-refractivity contribution in [1.82, 2.24) is 14.9 Å². The van der Waals surface area contributed by atoms with E-state index in [1.54, 1.807) is 11.3 Å². The van der Waals surface area contributed by atoms with E-state index >= 15 is 0 Å². The van der Waals surface area contributed by atoms with E-state index < -0.39 is 17.9 Å². The molecule has 152 valence electrons. The third-order valence-corrected chi connectivity index (χ3v) is 6.74. The van der Waals surface area contributed by atoms with Crippen LogP contribution in [0, 0.1) is 11.8 Å². The topological polar surface area (TPSA) is 90.3 Å². The highest BCUT2D eigenvalue weighted by Crippen LogP contribution is 2.35. The molecule has 0 saturated carbocycles. The lowest BCUT2D eigenvalue weighted by molar-refractivity contribution is -0.146. The summed E-state index contributed by atoms with van der Waals surface area (Å²) < 4.78 is 6.12. The number of hydrogen-bond acceptors (Lipinski definition) is 6. The third-order valence-electron chi connectivity index (χ3n) is 5.58. The largest absolute Gasteiger partial charge is 0.467 e. The zero-order valence-electron chi connectivity index (χ0n) is 16.8. The monoisotopic (exact) mass is 405 g/mol. The summed E-state index contributed by atoms with van der Waals surface area (Å²) >= 11 is 1.58. The summed E-state index contributed by atoms with van der Waals surface area (Å²) in [5, 5.41) is 3.35. The zero-order valence-corrected chi connectivity index (χ0v) is 17.6. The lowest BCUT2D eigenvalue weighted by Crippen LogP contribution is -2.47. The number of nitrogens with one attached hydrogen (secondary N) is 1. The summed E-state index contributed by atoms with van der Waals surface area (Å²) in [5.74, 6) is -0.342. The minimum absolute atomic E-state index is 0.0698. The molecule has 7 nitrogen and oxygen atoms in total. The van der Waals surface area contributed by atoms with Crippen LogP contribution in [0.5, 0.6) is 0 Å². The molecule has 0 fully saturated rings. The van der Waals surface area contributed by atoms with Gasteiger partial charge in [-0.15, -0.1) is 11.3 Å². The molecule has 0 spiro atoms. The number of rotatable bonds is 6. The third kappa shape index (κ3) is 3.97. The Morgan fingerprint density at radius 3 is 2.89 bits per heavy atom. The number of carbonyl (C=O) groups excluding carboxylic acids is 2. The number of nitrogens with zero attached hydrogens (tertiary/aromatic N) is 2. The summed E-state index contributed by atoms with van der Waals surface area (Å²) in [4.78, 5) is 43.9. The molecule has 0 aromatic carbocycles. The number of carbonyl (C=O) groups is 2. The maximum atomic E-state index is 13.0. The average Bonchev–Trinajstić information content (AvgIpc) is 3.05. The van der Waals surface area contributed by atoms with E-state index in [2.05, 4.69) is 17.2 Å². The Labute approximate surface area is 168 Å². The summed E-state index contributed by atoms with van der Waals surface area (Å²) in [6.07, 6.45) is 5.05. The van der Waals surface area contributed by atoms with Crippen LogP contribution in [0.25, 0.3) is 10.2 Å². The molecular formula is C20H27N3O4S. The van der Waals surface area contributed by atoms with Crippen LogP contribution in [0.3, 0.4) is 0 Å². The highest BCUT2D eigenvalue weighted by molar-refractivity contribution is 7.18. The van der Waals surface area contributed by atoms with Crippen molar-refractivity contribution in [3.63, 3.8) is 0 Å². The Kier molecular flexibility index (Phi) is 6.17. The van der Waals surface area contributed by atoms with Gasteiger partial charge in [-0.1, -0.05) is 27.2 Å². The summed E-state index contributed by atoms with van der Waals surface area (Å²) in [7, 11) is 1.30. The summed E-state index contributed by atoms with van der Waals surface area (Å²) in [5.41, 5.74) is 0.905. The van der Waals surface area contributed by atoms with Crippen LogP contribution < -0.4 is 10.9 Å². The maximum Gasteiger partial charge on any atom is 0.328 e. The number of methoxy groups -OCH3 is 1. The van der Waals surface area contributed by atoms with E-state index in [1.807, 2.05) is 13.8 Å². The van der Waals surface area contributed by atoms with Crippen molar-refractivity contribution >= 4 is 33.4 Å². The first-order valence-corrected chi connectivity index (χ1v) is 10.5. The Bertz CT molecular complexity index is 949. The Morgan fingerprint density at radius 1 is 1.46 bits per heavy atom. The predicted molar refractivity (Wildman–Crippen MR) is 108 cm³/mol. The van der Waals surface area contributed by atoms with Gasteiger partial charge in [0.1, 0.15) is 17.4 Å². The van der Waals surface area contributed by atoms with E-state index in [0.29, 0.717) is 17.7 Å². The molecule has 8 heteroatoms. The second kappa shape index (κ2) is 8.43. The van der Waals surface area contributed by atoms with Crippen LogP contribution in [-0.4, -0.2) is 34.6 Å². The van der Waals surface area contributed by atoms with Crippen LogP contribution in [0.1, 0.15) is 44.1 Å². The second-order valence-electron chi connectivity index (χ2n) is 7.66. The van der Waals surface area contributed by atoms with Crippen molar-refractivity contribution in [2.45, 2.75) is 59.0 Å². The minimum atomic E-state index is -0.731. The molecule has 1 N–H and O–H groups in total. The molecule has 1 aliphatic rings. The van der Waals surface area contributed by atoms with Crippen LogP contribution in [0.15, 0.2) is 11.1 Å². The number of ether oxygens (including phenoxy) is 1. The number of fused-ring (bicyclic) bond motifs is 3. The van der Waals surface area contributed by atoms with Crippen molar-refractivity contribution in [3.8, 4) is 0 Å². The van der Waals surface area contributed by atoms with Gasteiger partial charge >= 0.3 is 5.97 Å². The first kappa shape index (κ1) is 20.5. The summed E-state index contributed by atoms with van der Waals surface area (Å²) in [6, 6.07) is -0.731. The normalized spacial score (nSPS) is 18.4. The molecule has 0 saturated heterocycles. The molecular weight excluding hydrogens is 378 g/mol. The Hall–Kier alpha value is -2.22. The number of hydrogen-bond donors (Lipinski definition) is 1. The fraction of sp³-hybridized carbons (Fsp3) is 0.600. The van der Waals surface area contributed by atoms with Gasteiger partial charge in [0.25, 0.3) is 5.56 Å². The van der Waals surface area contributed by atoms with Gasteiger partial charge in [0.05, 0.1) is 18.8 Å². The van der Waals surface area contributed by atoms with Gasteiger partial charge in [-0.3, -0.25) is 14.2 Å². The number of esters is 1. The molecule has 0 bridgehead atoms.